The predicted molar refractivity (Wildman–Crippen MR) is 61.6 cm³/mol. The summed E-state index contributed by atoms with van der Waals surface area (Å²) < 4.78 is 0. The van der Waals surface area contributed by atoms with Crippen LogP contribution >= 0.6 is 12.4 Å². The number of carbonyl (C=O) groups is 2. The van der Waals surface area contributed by atoms with Gasteiger partial charge >= 0.3 is 5.97 Å². The molecule has 16 heavy (non-hydrogen) atoms. The number of carboxylic acid groups (broad SMARTS) is 1. The Morgan fingerprint density at radius 3 is 2.25 bits per heavy atom. The lowest BCUT2D eigenvalue weighted by molar-refractivity contribution is -0.135. The van der Waals surface area contributed by atoms with Gasteiger partial charge in [0.15, 0.2) is 0 Å². The highest BCUT2D eigenvalue weighted by Gasteiger charge is 2.06. The monoisotopic (exact) mass is 244 g/mol. The highest BCUT2D eigenvalue weighted by Crippen LogP contribution is 2.03. The first kappa shape index (κ1) is 14.4. The largest absolute Gasteiger partial charge is 0.480 e. The number of carboxylic acids is 1. The Hall–Kier alpha value is -1.59. The molecule has 0 heterocycles. The maximum Gasteiger partial charge on any atom is 0.322 e. The second-order valence-electron chi connectivity index (χ2n) is 2.98. The van der Waals surface area contributed by atoms with Gasteiger partial charge in [0.1, 0.15) is 6.54 Å². The van der Waals surface area contributed by atoms with Crippen molar-refractivity contribution in [1.29, 1.82) is 0 Å². The molecule has 5 nitrogen and oxygen atoms in total. The van der Waals surface area contributed by atoms with Gasteiger partial charge in [-0.05, 0) is 17.7 Å². The molecule has 1 rings (SSSR count). The molecule has 1 aromatic rings. The maximum atomic E-state index is 11.3. The van der Waals surface area contributed by atoms with E-state index in [1.165, 1.54) is 0 Å². The van der Waals surface area contributed by atoms with Crippen LogP contribution in [0.5, 0.6) is 0 Å². The van der Waals surface area contributed by atoms with Gasteiger partial charge in [-0.15, -0.1) is 12.4 Å². The van der Waals surface area contributed by atoms with Gasteiger partial charge in [-0.25, -0.2) is 0 Å². The molecule has 0 aliphatic heterocycles. The number of aliphatic carboxylic acids is 1. The minimum atomic E-state index is -1.07. The Morgan fingerprint density at radius 2 is 1.81 bits per heavy atom. The molecule has 6 heteroatoms. The molecule has 0 bridgehead atoms. The van der Waals surface area contributed by atoms with Crippen molar-refractivity contribution in [2.45, 2.75) is 6.54 Å². The van der Waals surface area contributed by atoms with Crippen LogP contribution in [0.15, 0.2) is 24.3 Å². The third kappa shape index (κ3) is 4.29. The van der Waals surface area contributed by atoms with Gasteiger partial charge in [-0.1, -0.05) is 12.1 Å². The first-order chi connectivity index (χ1) is 7.13. The molecule has 0 saturated heterocycles. The molecule has 1 amide bonds. The Labute approximate surface area is 99.1 Å². The summed E-state index contributed by atoms with van der Waals surface area (Å²) in [5, 5.41) is 10.6. The van der Waals surface area contributed by atoms with Crippen LogP contribution in [0.4, 0.5) is 0 Å². The van der Waals surface area contributed by atoms with E-state index >= 15 is 0 Å². The van der Waals surface area contributed by atoms with Gasteiger partial charge in [0.25, 0.3) is 5.91 Å². The number of hydrogen-bond donors (Lipinski definition) is 3. The SMILES string of the molecule is Cl.NCc1ccc(C(=O)NCC(=O)O)cc1. The van der Waals surface area contributed by atoms with Gasteiger partial charge in [0, 0.05) is 12.1 Å². The van der Waals surface area contributed by atoms with Crippen molar-refractivity contribution in [1.82, 2.24) is 5.32 Å². The first-order valence-corrected chi connectivity index (χ1v) is 4.42. The smallest absolute Gasteiger partial charge is 0.322 e. The Bertz CT molecular complexity index is 365. The van der Waals surface area contributed by atoms with Crippen LogP contribution in [0, 0.1) is 0 Å². The van der Waals surface area contributed by atoms with Gasteiger partial charge in [0.05, 0.1) is 0 Å². The number of halogens is 1. The Kier molecular flexibility index (Phi) is 6.14. The number of nitrogens with two attached hydrogens (primary N) is 1. The van der Waals surface area contributed by atoms with Crippen molar-refractivity contribution < 1.29 is 14.7 Å². The minimum absolute atomic E-state index is 0. The third-order valence-electron chi connectivity index (χ3n) is 1.85. The first-order valence-electron chi connectivity index (χ1n) is 4.42. The fraction of sp³-hybridized carbons (Fsp3) is 0.200. The summed E-state index contributed by atoms with van der Waals surface area (Å²) >= 11 is 0. The van der Waals surface area contributed by atoms with Crippen LogP contribution < -0.4 is 11.1 Å². The number of nitrogens with one attached hydrogen (secondary N) is 1. The number of benzene rings is 1. The fourth-order valence-electron chi connectivity index (χ4n) is 1.05. The molecule has 88 valence electrons. The minimum Gasteiger partial charge on any atom is -0.480 e. The molecule has 0 spiro atoms. The predicted octanol–water partition coefficient (Wildman–Crippen LogP) is 0.381. The van der Waals surface area contributed by atoms with Crippen LogP contribution in [0.3, 0.4) is 0 Å². The van der Waals surface area contributed by atoms with E-state index < -0.39 is 11.9 Å². The van der Waals surface area contributed by atoms with Gasteiger partial charge in [-0.3, -0.25) is 9.59 Å². The summed E-state index contributed by atoms with van der Waals surface area (Å²) in [6.07, 6.45) is 0. The molecular weight excluding hydrogens is 232 g/mol. The molecule has 0 aliphatic rings. The highest BCUT2D eigenvalue weighted by atomic mass is 35.5. The summed E-state index contributed by atoms with van der Waals surface area (Å²) in [6, 6.07) is 6.68. The van der Waals surface area contributed by atoms with Crippen LogP contribution in [0.25, 0.3) is 0 Å². The van der Waals surface area contributed by atoms with E-state index in [9.17, 15) is 9.59 Å². The lowest BCUT2D eigenvalue weighted by atomic mass is 10.1. The number of carbonyl (C=O) groups excluding carboxylic acids is 1. The van der Waals surface area contributed by atoms with Crippen molar-refractivity contribution in [2.75, 3.05) is 6.54 Å². The topological polar surface area (TPSA) is 92.4 Å². The average Bonchev–Trinajstić information content (AvgIpc) is 2.26. The molecule has 0 radical (unpaired) electrons. The maximum absolute atomic E-state index is 11.3. The average molecular weight is 245 g/mol. The molecular formula is C10H13ClN2O3. The van der Waals surface area contributed by atoms with Gasteiger partial charge < -0.3 is 16.2 Å². The highest BCUT2D eigenvalue weighted by molar-refractivity contribution is 5.95. The summed E-state index contributed by atoms with van der Waals surface area (Å²) in [4.78, 5) is 21.5. The van der Waals surface area contributed by atoms with Crippen LogP contribution in [-0.2, 0) is 11.3 Å². The summed E-state index contributed by atoms with van der Waals surface area (Å²) in [5.74, 6) is -1.47. The van der Waals surface area contributed by atoms with Crippen molar-refractivity contribution in [3.8, 4) is 0 Å². The lowest BCUT2D eigenvalue weighted by Crippen LogP contribution is -2.29. The Balaban J connectivity index is 0.00000225. The summed E-state index contributed by atoms with van der Waals surface area (Å²) in [7, 11) is 0. The molecule has 0 aliphatic carbocycles. The van der Waals surface area contributed by atoms with E-state index in [1.54, 1.807) is 24.3 Å². The lowest BCUT2D eigenvalue weighted by Gasteiger charge is -2.02. The molecule has 0 atom stereocenters. The van der Waals surface area contributed by atoms with E-state index in [0.717, 1.165) is 5.56 Å². The molecule has 0 saturated carbocycles. The normalized spacial score (nSPS) is 9.06. The zero-order valence-corrected chi connectivity index (χ0v) is 9.29. The number of rotatable bonds is 4. The third-order valence-corrected chi connectivity index (χ3v) is 1.85. The van der Waals surface area contributed by atoms with Crippen molar-refractivity contribution in [3.63, 3.8) is 0 Å². The Morgan fingerprint density at radius 1 is 1.25 bits per heavy atom. The van der Waals surface area contributed by atoms with Crippen LogP contribution in [0.1, 0.15) is 15.9 Å². The van der Waals surface area contributed by atoms with Gasteiger partial charge in [0.2, 0.25) is 0 Å². The van der Waals surface area contributed by atoms with E-state index in [0.29, 0.717) is 12.1 Å². The fourth-order valence-corrected chi connectivity index (χ4v) is 1.05. The molecule has 0 unspecified atom stereocenters. The molecule has 0 aromatic heterocycles. The van der Waals surface area contributed by atoms with E-state index in [-0.39, 0.29) is 19.0 Å². The second kappa shape index (κ2) is 6.81. The number of amides is 1. The van der Waals surface area contributed by atoms with Crippen molar-refractivity contribution >= 4 is 24.3 Å². The van der Waals surface area contributed by atoms with Crippen molar-refractivity contribution in [3.05, 3.63) is 35.4 Å². The molecule has 0 fully saturated rings. The zero-order chi connectivity index (χ0) is 11.3. The van der Waals surface area contributed by atoms with E-state index in [2.05, 4.69) is 5.32 Å². The van der Waals surface area contributed by atoms with Gasteiger partial charge in [-0.2, -0.15) is 0 Å². The second-order valence-corrected chi connectivity index (χ2v) is 2.98. The molecule has 4 N–H and O–H groups in total. The number of hydrogen-bond acceptors (Lipinski definition) is 3. The summed E-state index contributed by atoms with van der Waals surface area (Å²) in [6.45, 7) is 0.0362. The van der Waals surface area contributed by atoms with Crippen molar-refractivity contribution in [2.24, 2.45) is 5.73 Å². The van der Waals surface area contributed by atoms with Crippen LogP contribution in [-0.4, -0.2) is 23.5 Å². The molecule has 1 aromatic carbocycles. The van der Waals surface area contributed by atoms with Crippen LogP contribution in [0.2, 0.25) is 0 Å². The standard InChI is InChI=1S/C10H12N2O3.ClH/c11-5-7-1-3-8(4-2-7)10(15)12-6-9(13)14;/h1-4H,5-6,11H2,(H,12,15)(H,13,14);1H. The van der Waals surface area contributed by atoms with E-state index in [4.69, 9.17) is 10.8 Å². The zero-order valence-electron chi connectivity index (χ0n) is 8.47. The summed E-state index contributed by atoms with van der Waals surface area (Å²) in [5.41, 5.74) is 6.74. The quantitative estimate of drug-likeness (QED) is 0.714. The van der Waals surface area contributed by atoms with E-state index in [1.807, 2.05) is 0 Å².